The van der Waals surface area contributed by atoms with E-state index in [-0.39, 0.29) is 12.2 Å². The molecule has 2 N–H and O–H groups in total. The molecular weight excluding hydrogens is 572 g/mol. The van der Waals surface area contributed by atoms with Crippen LogP contribution in [0.3, 0.4) is 0 Å². The van der Waals surface area contributed by atoms with Gasteiger partial charge in [-0.25, -0.2) is 4.98 Å². The van der Waals surface area contributed by atoms with E-state index in [9.17, 15) is 0 Å². The molecule has 208 valence electrons. The Labute approximate surface area is 242 Å². The molecule has 1 saturated heterocycles. The summed E-state index contributed by atoms with van der Waals surface area (Å²) in [6, 6.07) is 18.3. The maximum absolute atomic E-state index is 6.35. The topological polar surface area (TPSA) is 93.7 Å². The predicted octanol–water partition coefficient (Wildman–Crippen LogP) is 5.92. The van der Waals surface area contributed by atoms with Crippen molar-refractivity contribution in [3.63, 3.8) is 0 Å². The summed E-state index contributed by atoms with van der Waals surface area (Å²) in [4.78, 5) is 16.0. The van der Waals surface area contributed by atoms with E-state index >= 15 is 0 Å². The van der Waals surface area contributed by atoms with Gasteiger partial charge in [0.25, 0.3) is 0 Å². The lowest BCUT2D eigenvalue weighted by Crippen LogP contribution is -2.53. The fourth-order valence-electron chi connectivity index (χ4n) is 5.51. The molecule has 1 aliphatic carbocycles. The molecule has 3 heterocycles. The van der Waals surface area contributed by atoms with Crippen molar-refractivity contribution in [1.82, 2.24) is 19.9 Å². The molecule has 2 aromatic carbocycles. The Hall–Kier alpha value is -3.31. The van der Waals surface area contributed by atoms with Gasteiger partial charge in [0.1, 0.15) is 17.7 Å². The van der Waals surface area contributed by atoms with Gasteiger partial charge in [0.15, 0.2) is 0 Å². The number of aromatic nitrogens is 3. The average Bonchev–Trinajstić information content (AvgIpc) is 2.98. The second-order valence-corrected chi connectivity index (χ2v) is 11.1. The van der Waals surface area contributed by atoms with Crippen LogP contribution in [0.15, 0.2) is 71.5 Å². The summed E-state index contributed by atoms with van der Waals surface area (Å²) in [5, 5.41) is 7.64. The number of halogens is 1. The molecule has 2 aliphatic rings. The number of ether oxygens (including phenoxy) is 3. The molecule has 40 heavy (non-hydrogen) atoms. The first-order valence-corrected chi connectivity index (χ1v) is 14.5. The van der Waals surface area contributed by atoms with Gasteiger partial charge in [-0.2, -0.15) is 4.98 Å². The van der Waals surface area contributed by atoms with Gasteiger partial charge in [0, 0.05) is 54.4 Å². The summed E-state index contributed by atoms with van der Waals surface area (Å²) < 4.78 is 18.8. The minimum Gasteiger partial charge on any atom is -0.490 e. The van der Waals surface area contributed by atoms with E-state index in [1.807, 2.05) is 61.7 Å². The van der Waals surface area contributed by atoms with Crippen molar-refractivity contribution in [3.8, 4) is 5.75 Å². The lowest BCUT2D eigenvalue weighted by Gasteiger charge is -2.43. The summed E-state index contributed by atoms with van der Waals surface area (Å²) in [6.45, 7) is 3.57. The molecule has 0 unspecified atom stereocenters. The molecule has 1 saturated carbocycles. The van der Waals surface area contributed by atoms with Crippen molar-refractivity contribution in [2.24, 2.45) is 0 Å². The number of morpholine rings is 1. The second kappa shape index (κ2) is 12.5. The highest BCUT2D eigenvalue weighted by Crippen LogP contribution is 2.30. The number of nitrogens with zero attached hydrogens (tertiary/aromatic N) is 4. The second-order valence-electron chi connectivity index (χ2n) is 10.1. The number of pyridine rings is 1. The molecule has 4 aromatic rings. The molecule has 0 bridgehead atoms. The fraction of sp³-hybridized carbons (Fsp3) is 0.367. The Morgan fingerprint density at radius 3 is 2.62 bits per heavy atom. The van der Waals surface area contributed by atoms with E-state index < -0.39 is 0 Å². The van der Waals surface area contributed by atoms with Gasteiger partial charge >= 0.3 is 0 Å². The van der Waals surface area contributed by atoms with E-state index in [0.29, 0.717) is 17.8 Å². The third kappa shape index (κ3) is 6.52. The maximum Gasteiger partial charge on any atom is 0.229 e. The summed E-state index contributed by atoms with van der Waals surface area (Å²) >= 11 is 3.52. The third-order valence-electron chi connectivity index (χ3n) is 7.51. The van der Waals surface area contributed by atoms with Crippen molar-refractivity contribution in [2.75, 3.05) is 44.0 Å². The van der Waals surface area contributed by atoms with Crippen molar-refractivity contribution in [3.05, 3.63) is 71.5 Å². The predicted molar refractivity (Wildman–Crippen MR) is 160 cm³/mol. The maximum atomic E-state index is 6.35. The standard InChI is InChI=1S/C30H33BrN6O3/c1-38-28-18-25(7-9-27(28)37-12-14-39-15-13-37)40-24-5-3-22(4-6-24)35-30-32-11-10-29(36-30)34-23-17-20-16-21(31)2-8-26(20)33-19-23/h2-6,8,10-11,16-17,19,25,27-28H,7,9,12-15,18H2,1H3,(H2,32,34,35,36)/t25-,27-,28-/m0/s1. The minimum absolute atomic E-state index is 0.137. The number of nitrogens with one attached hydrogen (secondary N) is 2. The van der Waals surface area contributed by atoms with E-state index in [1.165, 1.54) is 0 Å². The molecule has 2 aromatic heterocycles. The van der Waals surface area contributed by atoms with Crippen LogP contribution in [-0.4, -0.2) is 71.5 Å². The van der Waals surface area contributed by atoms with Crippen LogP contribution >= 0.6 is 15.9 Å². The molecule has 9 nitrogen and oxygen atoms in total. The lowest BCUT2D eigenvalue weighted by atomic mass is 9.88. The highest BCUT2D eigenvalue weighted by atomic mass is 79.9. The van der Waals surface area contributed by atoms with Crippen molar-refractivity contribution in [2.45, 2.75) is 37.5 Å². The van der Waals surface area contributed by atoms with Gasteiger partial charge in [-0.3, -0.25) is 9.88 Å². The minimum atomic E-state index is 0.137. The van der Waals surface area contributed by atoms with Crippen LogP contribution in [0.4, 0.5) is 23.1 Å². The Bertz CT molecular complexity index is 1430. The number of fused-ring (bicyclic) bond motifs is 1. The molecule has 1 aliphatic heterocycles. The van der Waals surface area contributed by atoms with Gasteiger partial charge in [0.2, 0.25) is 5.95 Å². The molecule has 6 rings (SSSR count). The molecule has 2 fully saturated rings. The van der Waals surface area contributed by atoms with E-state index in [2.05, 4.69) is 46.4 Å². The zero-order chi connectivity index (χ0) is 27.3. The van der Waals surface area contributed by atoms with Gasteiger partial charge in [-0.05, 0) is 67.4 Å². The number of anilines is 4. The van der Waals surface area contributed by atoms with Crippen LogP contribution in [0, 0.1) is 0 Å². The van der Waals surface area contributed by atoms with E-state index in [1.54, 1.807) is 12.4 Å². The van der Waals surface area contributed by atoms with Crippen molar-refractivity contribution in [1.29, 1.82) is 0 Å². The third-order valence-corrected chi connectivity index (χ3v) is 8.00. The summed E-state index contributed by atoms with van der Waals surface area (Å²) in [5.41, 5.74) is 2.67. The normalized spacial score (nSPS) is 21.7. The lowest BCUT2D eigenvalue weighted by molar-refractivity contribution is -0.0698. The SMILES string of the molecule is CO[C@H]1C[C@@H](Oc2ccc(Nc3nccc(Nc4cnc5ccc(Br)cc5c4)n3)cc2)CC[C@@H]1N1CCOCC1. The molecule has 10 heteroatoms. The first-order valence-electron chi connectivity index (χ1n) is 13.7. The number of rotatable bonds is 8. The van der Waals surface area contributed by atoms with E-state index in [0.717, 1.165) is 78.1 Å². The zero-order valence-corrected chi connectivity index (χ0v) is 24.0. The van der Waals surface area contributed by atoms with Crippen molar-refractivity contribution < 1.29 is 14.2 Å². The number of hydrogen-bond acceptors (Lipinski definition) is 9. The number of benzene rings is 2. The van der Waals surface area contributed by atoms with Crippen molar-refractivity contribution >= 4 is 50.0 Å². The van der Waals surface area contributed by atoms with Crippen LogP contribution in [0.5, 0.6) is 5.75 Å². The van der Waals surface area contributed by atoms with Crippen LogP contribution < -0.4 is 15.4 Å². The molecular formula is C30H33BrN6O3. The van der Waals surface area contributed by atoms with Crippen LogP contribution in [0.1, 0.15) is 19.3 Å². The molecule has 3 atom stereocenters. The van der Waals surface area contributed by atoms with E-state index in [4.69, 9.17) is 14.2 Å². The summed E-state index contributed by atoms with van der Waals surface area (Å²) in [6.07, 6.45) is 6.79. The Balaban J connectivity index is 1.05. The smallest absolute Gasteiger partial charge is 0.229 e. The molecule has 0 radical (unpaired) electrons. The summed E-state index contributed by atoms with van der Waals surface area (Å²) in [7, 11) is 1.81. The Kier molecular flexibility index (Phi) is 8.38. The first-order chi connectivity index (χ1) is 19.6. The monoisotopic (exact) mass is 604 g/mol. The highest BCUT2D eigenvalue weighted by molar-refractivity contribution is 9.10. The Morgan fingerprint density at radius 1 is 0.950 bits per heavy atom. The number of hydrogen-bond donors (Lipinski definition) is 2. The number of methoxy groups -OCH3 is 1. The van der Waals surface area contributed by atoms with Crippen LogP contribution in [-0.2, 0) is 9.47 Å². The quantitative estimate of drug-likeness (QED) is 0.254. The Morgan fingerprint density at radius 2 is 1.80 bits per heavy atom. The van der Waals surface area contributed by atoms with Gasteiger partial charge < -0.3 is 24.8 Å². The first kappa shape index (κ1) is 26.9. The zero-order valence-electron chi connectivity index (χ0n) is 22.4. The largest absolute Gasteiger partial charge is 0.490 e. The van der Waals surface area contributed by atoms with Gasteiger partial charge in [0.05, 0.1) is 36.7 Å². The highest BCUT2D eigenvalue weighted by Gasteiger charge is 2.35. The fourth-order valence-corrected chi connectivity index (χ4v) is 5.89. The summed E-state index contributed by atoms with van der Waals surface area (Å²) in [5.74, 6) is 2.02. The van der Waals surface area contributed by atoms with Crippen LogP contribution in [0.25, 0.3) is 10.9 Å². The van der Waals surface area contributed by atoms with Gasteiger partial charge in [-0.1, -0.05) is 15.9 Å². The average molecular weight is 606 g/mol. The molecule has 0 amide bonds. The van der Waals surface area contributed by atoms with Crippen LogP contribution in [0.2, 0.25) is 0 Å². The molecule has 0 spiro atoms. The van der Waals surface area contributed by atoms with Gasteiger partial charge in [-0.15, -0.1) is 0 Å².